The van der Waals surface area contributed by atoms with E-state index >= 15 is 0 Å². The van der Waals surface area contributed by atoms with E-state index in [0.29, 0.717) is 32.6 Å². The van der Waals surface area contributed by atoms with E-state index in [4.69, 9.17) is 27.6 Å². The van der Waals surface area contributed by atoms with Crippen LogP contribution >= 0.6 is 35.0 Å². The van der Waals surface area contributed by atoms with Crippen molar-refractivity contribution in [3.05, 3.63) is 154 Å². The first kappa shape index (κ1) is 30.7. The van der Waals surface area contributed by atoms with Crippen molar-refractivity contribution < 1.29 is 18.8 Å². The summed E-state index contributed by atoms with van der Waals surface area (Å²) in [5.74, 6) is -0.906. The topological polar surface area (TPSA) is 100 Å². The Labute approximate surface area is 268 Å². The molecule has 5 rings (SSSR count). The van der Waals surface area contributed by atoms with Gasteiger partial charge in [0.25, 0.3) is 11.8 Å². The molecule has 5 aromatic rings. The smallest absolute Gasteiger partial charge is 0.272 e. The van der Waals surface area contributed by atoms with Crippen LogP contribution in [0.2, 0.25) is 10.0 Å². The molecule has 10 heteroatoms. The van der Waals surface area contributed by atoms with E-state index in [-0.39, 0.29) is 16.6 Å². The highest BCUT2D eigenvalue weighted by atomic mass is 35.5. The molecule has 0 aliphatic carbocycles. The minimum atomic E-state index is -0.656. The lowest BCUT2D eigenvalue weighted by Gasteiger charge is -2.18. The highest BCUT2D eigenvalue weighted by Crippen LogP contribution is 2.38. The van der Waals surface area contributed by atoms with Crippen LogP contribution in [0.25, 0.3) is 6.08 Å². The number of hydrogen-bond acceptors (Lipinski definition) is 5. The largest absolute Gasteiger partial charge is 0.465 e. The second kappa shape index (κ2) is 14.6. The molecule has 3 amide bonds. The van der Waals surface area contributed by atoms with Crippen LogP contribution < -0.4 is 16.0 Å². The Hall–Kier alpha value is -4.76. The summed E-state index contributed by atoms with van der Waals surface area (Å²) in [6, 6.07) is 33.3. The van der Waals surface area contributed by atoms with Gasteiger partial charge < -0.3 is 20.4 Å². The zero-order valence-electron chi connectivity index (χ0n) is 23.0. The van der Waals surface area contributed by atoms with Crippen molar-refractivity contribution in [3.8, 4) is 0 Å². The summed E-state index contributed by atoms with van der Waals surface area (Å²) in [5.41, 5.74) is 2.03. The average molecular weight is 643 g/mol. The van der Waals surface area contributed by atoms with Crippen LogP contribution in [-0.4, -0.2) is 17.7 Å². The van der Waals surface area contributed by atoms with Crippen LogP contribution in [0, 0.1) is 0 Å². The summed E-state index contributed by atoms with van der Waals surface area (Å²) in [6.45, 7) is 0. The Kier molecular flexibility index (Phi) is 10.2. The zero-order chi connectivity index (χ0) is 30.9. The van der Waals surface area contributed by atoms with Gasteiger partial charge in [0.05, 0.1) is 22.0 Å². The van der Waals surface area contributed by atoms with E-state index in [9.17, 15) is 14.4 Å². The third-order valence-corrected chi connectivity index (χ3v) is 8.32. The summed E-state index contributed by atoms with van der Waals surface area (Å²) in [5, 5.41) is 8.32. The molecule has 0 bridgehead atoms. The van der Waals surface area contributed by atoms with Gasteiger partial charge in [0.2, 0.25) is 5.91 Å². The number of carbonyl (C=O) groups is 3. The second-order valence-corrected chi connectivity index (χ2v) is 11.3. The van der Waals surface area contributed by atoms with Gasteiger partial charge in [-0.05, 0) is 60.2 Å². The van der Waals surface area contributed by atoms with Crippen LogP contribution in [-0.2, 0) is 9.59 Å². The molecule has 0 spiro atoms. The summed E-state index contributed by atoms with van der Waals surface area (Å²) in [6.07, 6.45) is 2.92. The first-order chi connectivity index (χ1) is 21.4. The molecule has 3 N–H and O–H groups in total. The van der Waals surface area contributed by atoms with E-state index in [2.05, 4.69) is 16.0 Å². The molecule has 44 heavy (non-hydrogen) atoms. The molecule has 0 saturated heterocycles. The van der Waals surface area contributed by atoms with Crippen molar-refractivity contribution in [3.63, 3.8) is 0 Å². The molecular formula is C34H25Cl2N3O4S. The SMILES string of the molecule is O=C(Nc1cccc(SC(C(=O)Nc2cccc(Cl)c2Cl)c2ccccc2)c1)/C(=C/c1ccco1)NC(=O)c1ccccc1. The highest BCUT2D eigenvalue weighted by molar-refractivity contribution is 8.00. The van der Waals surface area contributed by atoms with Crippen molar-refractivity contribution in [2.75, 3.05) is 10.6 Å². The number of rotatable bonds is 10. The van der Waals surface area contributed by atoms with Crippen LogP contribution in [0.5, 0.6) is 0 Å². The van der Waals surface area contributed by atoms with E-state index in [1.165, 1.54) is 24.1 Å². The lowest BCUT2D eigenvalue weighted by Crippen LogP contribution is -2.30. The minimum Gasteiger partial charge on any atom is -0.465 e. The maximum atomic E-state index is 13.5. The second-order valence-electron chi connectivity index (χ2n) is 9.37. The number of anilines is 2. The summed E-state index contributed by atoms with van der Waals surface area (Å²) < 4.78 is 5.37. The van der Waals surface area contributed by atoms with E-state index in [1.807, 2.05) is 36.4 Å². The van der Waals surface area contributed by atoms with Gasteiger partial charge in [-0.15, -0.1) is 11.8 Å². The first-order valence-corrected chi connectivity index (χ1v) is 15.0. The van der Waals surface area contributed by atoms with Gasteiger partial charge in [0.15, 0.2) is 0 Å². The molecule has 220 valence electrons. The number of hydrogen-bond donors (Lipinski definition) is 3. The van der Waals surface area contributed by atoms with Crippen molar-refractivity contribution in [1.29, 1.82) is 0 Å². The number of benzene rings is 4. The Morgan fingerprint density at radius 3 is 2.23 bits per heavy atom. The standard InChI is InChI=1S/C34H25Cl2N3O4S/c35-27-17-8-18-28(30(27)36)38-34(42)31(22-10-3-1-4-11-22)44-26-16-7-14-24(20-26)37-33(41)29(21-25-15-9-19-43-25)39-32(40)23-12-5-2-6-13-23/h1-21,31H,(H,37,41)(H,38,42)(H,39,40)/b29-21-. The lowest BCUT2D eigenvalue weighted by atomic mass is 10.1. The van der Waals surface area contributed by atoms with Gasteiger partial charge in [0, 0.05) is 22.2 Å². The summed E-state index contributed by atoms with van der Waals surface area (Å²) >= 11 is 13.8. The number of furan rings is 1. The molecule has 4 aromatic carbocycles. The quantitative estimate of drug-likeness (QED) is 0.105. The van der Waals surface area contributed by atoms with Gasteiger partial charge in [-0.2, -0.15) is 0 Å². The van der Waals surface area contributed by atoms with Gasteiger partial charge in [-0.1, -0.05) is 83.9 Å². The van der Waals surface area contributed by atoms with Crippen molar-refractivity contribution in [2.45, 2.75) is 10.1 Å². The summed E-state index contributed by atoms with van der Waals surface area (Å²) in [4.78, 5) is 40.5. The zero-order valence-corrected chi connectivity index (χ0v) is 25.3. The normalized spacial score (nSPS) is 11.8. The molecule has 1 aromatic heterocycles. The number of nitrogens with one attached hydrogen (secondary N) is 3. The van der Waals surface area contributed by atoms with E-state index in [1.54, 1.807) is 78.9 Å². The number of thioether (sulfide) groups is 1. The Morgan fingerprint density at radius 2 is 1.50 bits per heavy atom. The predicted octanol–water partition coefficient (Wildman–Crippen LogP) is 8.47. The number of halogens is 2. The fourth-order valence-corrected chi connectivity index (χ4v) is 5.57. The summed E-state index contributed by atoms with van der Waals surface area (Å²) in [7, 11) is 0. The van der Waals surface area contributed by atoms with Gasteiger partial charge in [-0.3, -0.25) is 14.4 Å². The Bertz CT molecular complexity index is 1800. The molecule has 0 aliphatic rings. The predicted molar refractivity (Wildman–Crippen MR) is 176 cm³/mol. The molecular weight excluding hydrogens is 617 g/mol. The molecule has 0 aliphatic heterocycles. The van der Waals surface area contributed by atoms with Gasteiger partial charge in [0.1, 0.15) is 16.7 Å². The lowest BCUT2D eigenvalue weighted by molar-refractivity contribution is -0.116. The molecule has 1 heterocycles. The van der Waals surface area contributed by atoms with E-state index in [0.717, 1.165) is 5.56 Å². The minimum absolute atomic E-state index is 0.00759. The van der Waals surface area contributed by atoms with Crippen LogP contribution in [0.15, 0.2) is 137 Å². The van der Waals surface area contributed by atoms with Crippen molar-refractivity contribution in [2.24, 2.45) is 0 Å². The van der Waals surface area contributed by atoms with Crippen molar-refractivity contribution in [1.82, 2.24) is 5.32 Å². The van der Waals surface area contributed by atoms with Crippen LogP contribution in [0.3, 0.4) is 0 Å². The molecule has 7 nitrogen and oxygen atoms in total. The Balaban J connectivity index is 1.36. The molecule has 0 radical (unpaired) electrons. The van der Waals surface area contributed by atoms with Gasteiger partial charge in [-0.25, -0.2) is 0 Å². The Morgan fingerprint density at radius 1 is 0.773 bits per heavy atom. The van der Waals surface area contributed by atoms with Crippen LogP contribution in [0.4, 0.5) is 11.4 Å². The fraction of sp³-hybridized carbons (Fsp3) is 0.0294. The van der Waals surface area contributed by atoms with Crippen LogP contribution in [0.1, 0.15) is 26.9 Å². The fourth-order valence-electron chi connectivity index (χ4n) is 4.14. The highest BCUT2D eigenvalue weighted by Gasteiger charge is 2.24. The molecule has 1 atom stereocenters. The monoisotopic (exact) mass is 641 g/mol. The maximum Gasteiger partial charge on any atom is 0.272 e. The van der Waals surface area contributed by atoms with Crippen molar-refractivity contribution >= 4 is 70.1 Å². The third kappa shape index (κ3) is 7.99. The molecule has 0 fully saturated rings. The number of carbonyl (C=O) groups excluding carboxylic acids is 3. The third-order valence-electron chi connectivity index (χ3n) is 6.25. The maximum absolute atomic E-state index is 13.5. The molecule has 0 saturated carbocycles. The average Bonchev–Trinajstić information content (AvgIpc) is 3.56. The van der Waals surface area contributed by atoms with Gasteiger partial charge >= 0.3 is 0 Å². The number of amides is 3. The van der Waals surface area contributed by atoms with E-state index < -0.39 is 17.1 Å². The first-order valence-electron chi connectivity index (χ1n) is 13.4. The molecule has 1 unspecified atom stereocenters.